The van der Waals surface area contributed by atoms with Crippen molar-refractivity contribution in [1.29, 1.82) is 0 Å². The van der Waals surface area contributed by atoms with Crippen LogP contribution in [0, 0.1) is 6.92 Å². The van der Waals surface area contributed by atoms with Gasteiger partial charge in [-0.25, -0.2) is 9.48 Å². The maximum atomic E-state index is 13.0. The Bertz CT molecular complexity index is 1090. The van der Waals surface area contributed by atoms with Crippen molar-refractivity contribution in [3.63, 3.8) is 0 Å². The van der Waals surface area contributed by atoms with E-state index >= 15 is 0 Å². The number of carbonyl (C=O) groups excluding carboxylic acids is 3. The third-order valence-corrected chi connectivity index (χ3v) is 4.51. The van der Waals surface area contributed by atoms with E-state index in [2.05, 4.69) is 31.3 Å². The van der Waals surface area contributed by atoms with E-state index in [0.717, 1.165) is 4.90 Å². The van der Waals surface area contributed by atoms with Crippen LogP contribution in [0.15, 0.2) is 41.2 Å². The largest absolute Gasteiger partial charge is 0.360 e. The second-order valence-corrected chi connectivity index (χ2v) is 6.62. The Morgan fingerprint density at radius 3 is 2.83 bits per heavy atom. The number of carbonyl (C=O) groups is 3. The van der Waals surface area contributed by atoms with Crippen LogP contribution in [0.25, 0.3) is 5.69 Å². The summed E-state index contributed by atoms with van der Waals surface area (Å²) in [5.41, 5.74) is -0.196. The molecule has 29 heavy (non-hydrogen) atoms. The van der Waals surface area contributed by atoms with Gasteiger partial charge in [0.05, 0.1) is 5.69 Å². The molecule has 2 N–H and O–H groups in total. The highest BCUT2D eigenvalue weighted by molar-refractivity contribution is 6.10. The summed E-state index contributed by atoms with van der Waals surface area (Å²) in [5.74, 6) is -0.405. The number of nitrogens with one attached hydrogen (secondary N) is 2. The van der Waals surface area contributed by atoms with Crippen molar-refractivity contribution in [3.05, 3.63) is 48.0 Å². The fraction of sp³-hybridized carbons (Fsp3) is 0.235. The first-order valence-corrected chi connectivity index (χ1v) is 8.58. The van der Waals surface area contributed by atoms with Crippen LogP contribution in [0.1, 0.15) is 18.2 Å². The van der Waals surface area contributed by atoms with E-state index in [1.807, 2.05) is 0 Å². The van der Waals surface area contributed by atoms with E-state index in [1.165, 1.54) is 17.1 Å². The van der Waals surface area contributed by atoms with Crippen molar-refractivity contribution in [2.24, 2.45) is 0 Å². The molecule has 1 aromatic carbocycles. The molecule has 0 bridgehead atoms. The molecule has 2 aromatic heterocycles. The smallest absolute Gasteiger partial charge is 0.325 e. The van der Waals surface area contributed by atoms with Crippen molar-refractivity contribution in [2.45, 2.75) is 19.4 Å². The van der Waals surface area contributed by atoms with Gasteiger partial charge in [0, 0.05) is 6.07 Å². The predicted octanol–water partition coefficient (Wildman–Crippen LogP) is 0.364. The van der Waals surface area contributed by atoms with E-state index in [1.54, 1.807) is 38.1 Å². The zero-order valence-electron chi connectivity index (χ0n) is 15.5. The summed E-state index contributed by atoms with van der Waals surface area (Å²) >= 11 is 0. The number of anilines is 1. The van der Waals surface area contributed by atoms with Crippen molar-refractivity contribution in [2.75, 3.05) is 11.9 Å². The van der Waals surface area contributed by atoms with Gasteiger partial charge in [-0.15, -0.1) is 5.10 Å². The summed E-state index contributed by atoms with van der Waals surface area (Å²) in [6, 6.07) is 7.73. The van der Waals surface area contributed by atoms with Crippen LogP contribution in [-0.2, 0) is 15.1 Å². The highest BCUT2D eigenvalue weighted by Crippen LogP contribution is 2.29. The number of hydrogen-bond donors (Lipinski definition) is 2. The number of nitrogens with zero attached hydrogens (tertiary/aromatic N) is 6. The minimum atomic E-state index is -1.34. The van der Waals surface area contributed by atoms with Crippen LogP contribution in [0.3, 0.4) is 0 Å². The molecule has 12 nitrogen and oxygen atoms in total. The molecule has 1 atom stereocenters. The van der Waals surface area contributed by atoms with Crippen LogP contribution in [-0.4, -0.2) is 54.7 Å². The molecule has 1 saturated heterocycles. The monoisotopic (exact) mass is 396 g/mol. The number of imide groups is 1. The molecule has 148 valence electrons. The third-order valence-electron chi connectivity index (χ3n) is 4.51. The van der Waals surface area contributed by atoms with Gasteiger partial charge >= 0.3 is 6.03 Å². The summed E-state index contributed by atoms with van der Waals surface area (Å²) in [5, 5.41) is 19.8. The van der Waals surface area contributed by atoms with E-state index in [4.69, 9.17) is 4.52 Å². The third kappa shape index (κ3) is 3.31. The van der Waals surface area contributed by atoms with E-state index in [-0.39, 0.29) is 5.82 Å². The van der Waals surface area contributed by atoms with E-state index < -0.39 is 29.9 Å². The Kier molecular flexibility index (Phi) is 4.30. The molecule has 1 unspecified atom stereocenters. The Morgan fingerprint density at radius 2 is 2.14 bits per heavy atom. The molecule has 1 aliphatic rings. The molecule has 0 aliphatic carbocycles. The molecule has 4 rings (SSSR count). The van der Waals surface area contributed by atoms with Crippen LogP contribution in [0.4, 0.5) is 10.6 Å². The van der Waals surface area contributed by atoms with Crippen LogP contribution >= 0.6 is 0 Å². The minimum absolute atomic E-state index is 0.205. The molecule has 1 aliphatic heterocycles. The maximum absolute atomic E-state index is 13.0. The maximum Gasteiger partial charge on any atom is 0.325 e. The summed E-state index contributed by atoms with van der Waals surface area (Å²) < 4.78 is 6.30. The quantitative estimate of drug-likeness (QED) is 0.588. The molecule has 12 heteroatoms. The van der Waals surface area contributed by atoms with Gasteiger partial charge in [0.15, 0.2) is 5.82 Å². The van der Waals surface area contributed by atoms with Gasteiger partial charge in [0.1, 0.15) is 24.2 Å². The summed E-state index contributed by atoms with van der Waals surface area (Å²) in [6.07, 6.45) is 1.42. The Morgan fingerprint density at radius 1 is 1.31 bits per heavy atom. The van der Waals surface area contributed by atoms with Gasteiger partial charge in [-0.3, -0.25) is 14.5 Å². The lowest BCUT2D eigenvalue weighted by atomic mass is 9.91. The predicted molar refractivity (Wildman–Crippen MR) is 96.6 cm³/mol. The first kappa shape index (κ1) is 18.3. The molecular formula is C17H16N8O4. The number of benzene rings is 1. The number of hydrogen-bond acceptors (Lipinski definition) is 8. The first-order chi connectivity index (χ1) is 13.9. The highest BCUT2D eigenvalue weighted by Gasteiger charge is 2.49. The number of rotatable bonds is 5. The van der Waals surface area contributed by atoms with Crippen molar-refractivity contribution >= 4 is 23.7 Å². The lowest BCUT2D eigenvalue weighted by Gasteiger charge is -2.22. The normalized spacial score (nSPS) is 18.8. The molecule has 0 saturated carbocycles. The lowest BCUT2D eigenvalue weighted by molar-refractivity contribution is -0.133. The van der Waals surface area contributed by atoms with Gasteiger partial charge in [0.25, 0.3) is 5.91 Å². The Balaban J connectivity index is 1.54. The number of tetrazole rings is 1. The fourth-order valence-corrected chi connectivity index (χ4v) is 3.03. The van der Waals surface area contributed by atoms with Gasteiger partial charge < -0.3 is 15.2 Å². The SMILES string of the molecule is Cc1cc(NC(=O)CN2C(=O)NC(C)(c3cccc(-n4cnnn4)c3)C2=O)no1. The van der Waals surface area contributed by atoms with Crippen molar-refractivity contribution in [1.82, 2.24) is 35.6 Å². The molecular weight excluding hydrogens is 380 g/mol. The lowest BCUT2D eigenvalue weighted by Crippen LogP contribution is -2.42. The number of aromatic nitrogens is 5. The van der Waals surface area contributed by atoms with Crippen molar-refractivity contribution < 1.29 is 18.9 Å². The summed E-state index contributed by atoms with van der Waals surface area (Å²) in [4.78, 5) is 38.5. The first-order valence-electron chi connectivity index (χ1n) is 8.58. The number of amides is 4. The standard InChI is InChI=1S/C17H16N8O4/c1-10-6-13(21-29-10)19-14(26)8-24-15(27)17(2,20-16(24)28)11-4-3-5-12(7-11)25-9-18-22-23-25/h3-7,9H,8H2,1-2H3,(H,20,28)(H,19,21,26). The average Bonchev–Trinajstić information content (AvgIpc) is 3.41. The Labute approximate surface area is 163 Å². The molecule has 3 heterocycles. The van der Waals surface area contributed by atoms with Gasteiger partial charge in [-0.1, -0.05) is 17.3 Å². The second kappa shape index (κ2) is 6.82. The summed E-state index contributed by atoms with van der Waals surface area (Å²) in [7, 11) is 0. The van der Waals surface area contributed by atoms with Crippen LogP contribution in [0.2, 0.25) is 0 Å². The summed E-state index contributed by atoms with van der Waals surface area (Å²) in [6.45, 7) is 2.79. The van der Waals surface area contributed by atoms with Crippen molar-refractivity contribution in [3.8, 4) is 5.69 Å². The zero-order valence-corrected chi connectivity index (χ0v) is 15.5. The van der Waals surface area contributed by atoms with E-state index in [9.17, 15) is 14.4 Å². The van der Waals surface area contributed by atoms with Crippen LogP contribution in [0.5, 0.6) is 0 Å². The molecule has 1 fully saturated rings. The fourth-order valence-electron chi connectivity index (χ4n) is 3.03. The molecule has 3 aromatic rings. The van der Waals surface area contributed by atoms with Gasteiger partial charge in [-0.05, 0) is 42.0 Å². The highest BCUT2D eigenvalue weighted by atomic mass is 16.5. The topological polar surface area (TPSA) is 148 Å². The molecule has 0 spiro atoms. The molecule has 4 amide bonds. The number of urea groups is 1. The zero-order chi connectivity index (χ0) is 20.6. The van der Waals surface area contributed by atoms with Gasteiger partial charge in [-0.2, -0.15) is 0 Å². The second-order valence-electron chi connectivity index (χ2n) is 6.62. The number of aryl methyl sites for hydroxylation is 1. The minimum Gasteiger partial charge on any atom is -0.360 e. The Hall–Kier alpha value is -4.09. The average molecular weight is 396 g/mol. The molecule has 0 radical (unpaired) electrons. The van der Waals surface area contributed by atoms with Crippen LogP contribution < -0.4 is 10.6 Å². The van der Waals surface area contributed by atoms with Gasteiger partial charge in [0.2, 0.25) is 5.91 Å². The van der Waals surface area contributed by atoms with E-state index in [0.29, 0.717) is 17.0 Å².